The van der Waals surface area contributed by atoms with Gasteiger partial charge in [-0.1, -0.05) is 83.3 Å². The summed E-state index contributed by atoms with van der Waals surface area (Å²) in [6, 6.07) is 21.9. The van der Waals surface area contributed by atoms with Crippen LogP contribution >= 0.6 is 24.8 Å². The van der Waals surface area contributed by atoms with Gasteiger partial charge in [-0.05, 0) is 13.3 Å². The molecular weight excluding hydrogens is 409 g/mol. The number of hydrogen-bond acceptors (Lipinski definition) is 0. The van der Waals surface area contributed by atoms with Crippen molar-refractivity contribution in [1.82, 2.24) is 0 Å². The molecule has 138 valence electrons. The first kappa shape index (κ1) is 25.4. The minimum absolute atomic E-state index is 0. The third-order valence-corrected chi connectivity index (χ3v) is 4.21. The SMILES string of the molecule is Cl.Cl.[CH2-]c1c(C2=CC(C)=CC2)ccc2ccccc12.[NH-]c1ccccc1.[Ti+2]. The van der Waals surface area contributed by atoms with Gasteiger partial charge in [-0.3, -0.25) is 0 Å². The van der Waals surface area contributed by atoms with Crippen LogP contribution in [0, 0.1) is 6.92 Å². The summed E-state index contributed by atoms with van der Waals surface area (Å²) >= 11 is 0. The molecule has 1 aliphatic carbocycles. The molecule has 0 aromatic heterocycles. The zero-order valence-electron chi connectivity index (χ0n) is 15.2. The van der Waals surface area contributed by atoms with Gasteiger partial charge in [-0.15, -0.1) is 53.6 Å². The van der Waals surface area contributed by atoms with Gasteiger partial charge in [0.15, 0.2) is 0 Å². The molecule has 0 saturated heterocycles. The van der Waals surface area contributed by atoms with Crippen molar-refractivity contribution in [2.75, 3.05) is 0 Å². The maximum atomic E-state index is 7.00. The first-order valence-electron chi connectivity index (χ1n) is 8.13. The Kier molecular flexibility index (Phi) is 11.2. The van der Waals surface area contributed by atoms with Crippen molar-refractivity contribution >= 4 is 46.8 Å². The van der Waals surface area contributed by atoms with E-state index in [1.165, 1.54) is 27.5 Å². The van der Waals surface area contributed by atoms with Gasteiger partial charge < -0.3 is 5.73 Å². The van der Waals surface area contributed by atoms with Crippen molar-refractivity contribution < 1.29 is 21.7 Å². The molecular formula is C23H23Cl2NTi. The Morgan fingerprint density at radius 2 is 1.48 bits per heavy atom. The molecule has 0 radical (unpaired) electrons. The molecule has 0 amide bonds. The molecule has 0 spiro atoms. The van der Waals surface area contributed by atoms with E-state index < -0.39 is 0 Å². The van der Waals surface area contributed by atoms with E-state index in [4.69, 9.17) is 5.73 Å². The zero-order chi connectivity index (χ0) is 16.9. The summed E-state index contributed by atoms with van der Waals surface area (Å²) in [5.74, 6) is 0. The van der Waals surface area contributed by atoms with E-state index in [1.807, 2.05) is 18.2 Å². The molecule has 4 rings (SSSR count). The van der Waals surface area contributed by atoms with Crippen molar-refractivity contribution in [3.8, 4) is 0 Å². The predicted molar refractivity (Wildman–Crippen MR) is 120 cm³/mol. The van der Waals surface area contributed by atoms with Gasteiger partial charge in [0, 0.05) is 0 Å². The van der Waals surface area contributed by atoms with Gasteiger partial charge in [-0.25, -0.2) is 0 Å². The van der Waals surface area contributed by atoms with E-state index in [-0.39, 0.29) is 46.5 Å². The van der Waals surface area contributed by atoms with E-state index in [0.717, 1.165) is 12.0 Å². The average molecular weight is 432 g/mol. The molecule has 1 N–H and O–H groups in total. The van der Waals surface area contributed by atoms with Crippen LogP contribution in [0.4, 0.5) is 5.69 Å². The Balaban J connectivity index is 0.000000585. The van der Waals surface area contributed by atoms with Gasteiger partial charge in [0.2, 0.25) is 0 Å². The smallest absolute Gasteiger partial charge is 0.699 e. The summed E-state index contributed by atoms with van der Waals surface area (Å²) in [7, 11) is 0. The van der Waals surface area contributed by atoms with E-state index in [2.05, 4.69) is 62.4 Å². The van der Waals surface area contributed by atoms with Crippen LogP contribution in [-0.4, -0.2) is 0 Å². The molecule has 0 atom stereocenters. The van der Waals surface area contributed by atoms with Gasteiger partial charge in [-0.2, -0.15) is 12.5 Å². The molecule has 27 heavy (non-hydrogen) atoms. The number of hydrogen-bond donors (Lipinski definition) is 0. The standard InChI is InChI=1S/C17H15.C6H6N.2ClH.Ti/c1-12-7-8-15(11-12)17-10-9-14-5-3-4-6-16(14)13(17)2;7-6-4-2-1-3-5-6;;;/h3-7,9-11H,2,8H2,1H3;1-5,7H;2*1H;/q2*-1;;;+2. The first-order chi connectivity index (χ1) is 11.6. The largest absolute Gasteiger partial charge is 2.00 e. The summed E-state index contributed by atoms with van der Waals surface area (Å²) < 4.78 is 0. The fourth-order valence-corrected chi connectivity index (χ4v) is 2.93. The second kappa shape index (κ2) is 11.9. The maximum Gasteiger partial charge on any atom is 2.00 e. The summed E-state index contributed by atoms with van der Waals surface area (Å²) in [6.45, 7) is 6.40. The maximum absolute atomic E-state index is 7.00. The van der Waals surface area contributed by atoms with Gasteiger partial charge in [0.05, 0.1) is 0 Å². The van der Waals surface area contributed by atoms with Crippen molar-refractivity contribution in [3.63, 3.8) is 0 Å². The molecule has 0 fully saturated rings. The molecule has 0 bridgehead atoms. The molecule has 0 heterocycles. The topological polar surface area (TPSA) is 23.8 Å². The summed E-state index contributed by atoms with van der Waals surface area (Å²) in [4.78, 5) is 0. The van der Waals surface area contributed by atoms with E-state index in [1.54, 1.807) is 12.1 Å². The molecule has 1 aliphatic rings. The average Bonchev–Trinajstić information content (AvgIpc) is 3.03. The Morgan fingerprint density at radius 1 is 0.852 bits per heavy atom. The fourth-order valence-electron chi connectivity index (χ4n) is 2.93. The van der Waals surface area contributed by atoms with Crippen LogP contribution in [0.2, 0.25) is 0 Å². The summed E-state index contributed by atoms with van der Waals surface area (Å²) in [5, 5.41) is 2.53. The third-order valence-electron chi connectivity index (χ3n) is 4.21. The van der Waals surface area contributed by atoms with Crippen LogP contribution in [0.25, 0.3) is 22.1 Å². The van der Waals surface area contributed by atoms with Gasteiger partial charge >= 0.3 is 21.7 Å². The minimum atomic E-state index is 0. The molecule has 0 aliphatic heterocycles. The Labute approximate surface area is 189 Å². The molecule has 3 aromatic carbocycles. The molecule has 3 aromatic rings. The fraction of sp³-hybridized carbons (Fsp3) is 0.0870. The van der Waals surface area contributed by atoms with Crippen molar-refractivity contribution in [2.45, 2.75) is 13.3 Å². The Bertz CT molecular complexity index is 918. The van der Waals surface area contributed by atoms with Crippen LogP contribution in [0.3, 0.4) is 0 Å². The van der Waals surface area contributed by atoms with E-state index >= 15 is 0 Å². The van der Waals surface area contributed by atoms with E-state index in [9.17, 15) is 0 Å². The van der Waals surface area contributed by atoms with Crippen LogP contribution in [0.15, 0.2) is 84.5 Å². The molecule has 0 saturated carbocycles. The molecule has 1 nitrogen and oxygen atoms in total. The quantitative estimate of drug-likeness (QED) is 0.275. The summed E-state index contributed by atoms with van der Waals surface area (Å²) in [6.07, 6.45) is 5.56. The van der Waals surface area contributed by atoms with Crippen molar-refractivity contribution in [2.24, 2.45) is 0 Å². The second-order valence-corrected chi connectivity index (χ2v) is 6.00. The van der Waals surface area contributed by atoms with Crippen LogP contribution in [0.5, 0.6) is 0 Å². The Morgan fingerprint density at radius 3 is 2.04 bits per heavy atom. The molecule has 0 unspecified atom stereocenters. The monoisotopic (exact) mass is 431 g/mol. The second-order valence-electron chi connectivity index (χ2n) is 6.00. The number of benzene rings is 3. The molecule has 4 heteroatoms. The zero-order valence-corrected chi connectivity index (χ0v) is 18.4. The van der Waals surface area contributed by atoms with Gasteiger partial charge in [0.25, 0.3) is 0 Å². The number of nitrogens with one attached hydrogen (secondary N) is 1. The Hall–Kier alpha value is -1.64. The number of fused-ring (bicyclic) bond motifs is 1. The van der Waals surface area contributed by atoms with Crippen molar-refractivity contribution in [1.29, 1.82) is 0 Å². The number of rotatable bonds is 1. The van der Waals surface area contributed by atoms with Crippen molar-refractivity contribution in [3.05, 3.63) is 108 Å². The summed E-state index contributed by atoms with van der Waals surface area (Å²) in [5.41, 5.74) is 12.7. The minimum Gasteiger partial charge on any atom is -0.699 e. The normalized spacial score (nSPS) is 11.6. The first-order valence-corrected chi connectivity index (χ1v) is 8.13. The number of halogens is 2. The van der Waals surface area contributed by atoms with Crippen LogP contribution in [0.1, 0.15) is 24.5 Å². The third kappa shape index (κ3) is 6.48. The number of allylic oxidation sites excluding steroid dienone is 4. The van der Waals surface area contributed by atoms with Crippen LogP contribution in [-0.2, 0) is 21.7 Å². The van der Waals surface area contributed by atoms with Gasteiger partial charge in [0.1, 0.15) is 0 Å². The predicted octanol–water partition coefficient (Wildman–Crippen LogP) is 7.97. The van der Waals surface area contributed by atoms with Crippen LogP contribution < -0.4 is 0 Å². The van der Waals surface area contributed by atoms with E-state index in [0.29, 0.717) is 5.69 Å².